The van der Waals surface area contributed by atoms with Gasteiger partial charge in [-0.25, -0.2) is 14.8 Å². The quantitative estimate of drug-likeness (QED) is 0.523. The Kier molecular flexibility index (Phi) is 6.35. The molecule has 0 unspecified atom stereocenters. The number of amides is 1. The number of thiazole rings is 1. The van der Waals surface area contributed by atoms with Crippen LogP contribution in [0.2, 0.25) is 0 Å². The molecule has 0 atom stereocenters. The summed E-state index contributed by atoms with van der Waals surface area (Å²) in [5, 5.41) is 13.1. The number of halogens is 3. The molecule has 174 valence electrons. The highest BCUT2D eigenvalue weighted by molar-refractivity contribution is 7.18. The van der Waals surface area contributed by atoms with Crippen molar-refractivity contribution in [1.29, 1.82) is 0 Å². The molecule has 33 heavy (non-hydrogen) atoms. The van der Waals surface area contributed by atoms with Crippen LogP contribution >= 0.6 is 11.3 Å². The second kappa shape index (κ2) is 9.06. The number of aromatic nitrogens is 2. The molecule has 3 aromatic rings. The van der Waals surface area contributed by atoms with Crippen molar-refractivity contribution in [3.8, 4) is 0 Å². The molecule has 0 radical (unpaired) electrons. The smallest absolute Gasteiger partial charge is 0.433 e. The molecule has 1 fully saturated rings. The number of aliphatic hydroxyl groups excluding tert-OH is 1. The zero-order valence-electron chi connectivity index (χ0n) is 17.5. The number of esters is 1. The van der Waals surface area contributed by atoms with Crippen molar-refractivity contribution < 1.29 is 32.6 Å². The third-order valence-electron chi connectivity index (χ3n) is 5.52. The fraction of sp³-hybridized carbons (Fsp3) is 0.364. The van der Waals surface area contributed by atoms with Crippen LogP contribution in [-0.2, 0) is 10.9 Å². The van der Waals surface area contributed by atoms with E-state index >= 15 is 0 Å². The summed E-state index contributed by atoms with van der Waals surface area (Å²) >= 11 is 1.42. The van der Waals surface area contributed by atoms with Gasteiger partial charge in [0.1, 0.15) is 11.4 Å². The van der Waals surface area contributed by atoms with Crippen LogP contribution in [0.3, 0.4) is 0 Å². The molecule has 0 saturated heterocycles. The highest BCUT2D eigenvalue weighted by Crippen LogP contribution is 2.38. The number of nitrogens with one attached hydrogen (secondary N) is 1. The van der Waals surface area contributed by atoms with Crippen molar-refractivity contribution in [1.82, 2.24) is 9.97 Å². The highest BCUT2D eigenvalue weighted by atomic mass is 32.1. The number of methoxy groups -OCH3 is 1. The number of hydrogen-bond acceptors (Lipinski definition) is 7. The number of pyridine rings is 1. The van der Waals surface area contributed by atoms with E-state index in [1.54, 1.807) is 6.07 Å². The molecule has 2 heterocycles. The normalized spacial score (nSPS) is 18.8. The van der Waals surface area contributed by atoms with E-state index in [0.29, 0.717) is 23.1 Å². The van der Waals surface area contributed by atoms with Crippen molar-refractivity contribution in [3.63, 3.8) is 0 Å². The Bertz CT molecular complexity index is 1200. The molecule has 1 aliphatic rings. The first-order valence-corrected chi connectivity index (χ1v) is 11.0. The molecule has 11 heteroatoms. The molecule has 1 aliphatic carbocycles. The van der Waals surface area contributed by atoms with E-state index in [2.05, 4.69) is 15.3 Å². The van der Waals surface area contributed by atoms with Crippen LogP contribution in [0.1, 0.15) is 63.1 Å². The number of carbonyl (C=O) groups is 2. The molecule has 2 N–H and O–H groups in total. The Labute approximate surface area is 190 Å². The number of hydrogen-bond donors (Lipinski definition) is 2. The van der Waals surface area contributed by atoms with Crippen LogP contribution in [0.25, 0.3) is 10.2 Å². The minimum absolute atomic E-state index is 0.0289. The van der Waals surface area contributed by atoms with Crippen LogP contribution in [0.4, 0.5) is 18.9 Å². The number of anilines is 1. The van der Waals surface area contributed by atoms with E-state index in [1.165, 1.54) is 24.5 Å². The van der Waals surface area contributed by atoms with E-state index in [1.807, 2.05) is 0 Å². The average Bonchev–Trinajstić information content (AvgIpc) is 3.21. The van der Waals surface area contributed by atoms with Gasteiger partial charge in [-0.3, -0.25) is 4.79 Å². The standard InChI is InChI=1S/C22H20F3N3O4S/c1-32-21(31)13-9-16-17(33-20(28-16)11-5-7-12(29)8-6-11)10-15(13)27-19(30)14-3-2-4-18(26-14)22(23,24)25/h2-4,9-12,29H,5-8H2,1H3,(H,27,30). The van der Waals surface area contributed by atoms with Gasteiger partial charge in [0.2, 0.25) is 0 Å². The summed E-state index contributed by atoms with van der Waals surface area (Å²) in [5.74, 6) is -1.42. The maximum Gasteiger partial charge on any atom is 0.433 e. The molecular formula is C22H20F3N3O4S. The Morgan fingerprint density at radius 1 is 1.15 bits per heavy atom. The summed E-state index contributed by atoms with van der Waals surface area (Å²) in [7, 11) is 1.19. The lowest BCUT2D eigenvalue weighted by molar-refractivity contribution is -0.141. The SMILES string of the molecule is COC(=O)c1cc2nc(C3CCC(O)CC3)sc2cc1NC(=O)c1cccc(C(F)(F)F)n1. The molecule has 0 spiro atoms. The molecule has 4 rings (SSSR count). The van der Waals surface area contributed by atoms with E-state index in [4.69, 9.17) is 4.74 Å². The van der Waals surface area contributed by atoms with Crippen LogP contribution in [0.5, 0.6) is 0 Å². The first-order chi connectivity index (χ1) is 15.7. The Morgan fingerprint density at radius 3 is 2.55 bits per heavy atom. The largest absolute Gasteiger partial charge is 0.465 e. The summed E-state index contributed by atoms with van der Waals surface area (Å²) in [6, 6.07) is 6.07. The monoisotopic (exact) mass is 479 g/mol. The molecule has 1 saturated carbocycles. The summed E-state index contributed by atoms with van der Waals surface area (Å²) < 4.78 is 44.4. The van der Waals surface area contributed by atoms with Crippen molar-refractivity contribution in [2.45, 2.75) is 43.9 Å². The number of benzene rings is 1. The number of carbonyl (C=O) groups excluding carboxylic acids is 2. The Morgan fingerprint density at radius 2 is 1.88 bits per heavy atom. The number of alkyl halides is 3. The maximum atomic E-state index is 13.0. The van der Waals surface area contributed by atoms with Crippen LogP contribution in [0.15, 0.2) is 30.3 Å². The summed E-state index contributed by atoms with van der Waals surface area (Å²) in [6.45, 7) is 0. The molecule has 7 nitrogen and oxygen atoms in total. The number of aliphatic hydroxyl groups is 1. The van der Waals surface area contributed by atoms with Gasteiger partial charge in [0.25, 0.3) is 5.91 Å². The van der Waals surface area contributed by atoms with E-state index in [0.717, 1.165) is 36.0 Å². The van der Waals surface area contributed by atoms with Gasteiger partial charge in [-0.2, -0.15) is 13.2 Å². The molecule has 0 aliphatic heterocycles. The van der Waals surface area contributed by atoms with Crippen LogP contribution < -0.4 is 5.32 Å². The lowest BCUT2D eigenvalue weighted by Crippen LogP contribution is -2.18. The molecule has 1 amide bonds. The van der Waals surface area contributed by atoms with Crippen LogP contribution in [-0.4, -0.2) is 40.2 Å². The first kappa shape index (κ1) is 23.1. The van der Waals surface area contributed by atoms with E-state index < -0.39 is 29.4 Å². The lowest BCUT2D eigenvalue weighted by Gasteiger charge is -2.23. The van der Waals surface area contributed by atoms with Gasteiger partial charge in [0.15, 0.2) is 0 Å². The minimum Gasteiger partial charge on any atom is -0.465 e. The van der Waals surface area contributed by atoms with Crippen molar-refractivity contribution in [2.24, 2.45) is 0 Å². The molecular weight excluding hydrogens is 459 g/mol. The van der Waals surface area contributed by atoms with Crippen molar-refractivity contribution in [3.05, 3.63) is 52.3 Å². The van der Waals surface area contributed by atoms with E-state index in [-0.39, 0.29) is 23.3 Å². The van der Waals surface area contributed by atoms with E-state index in [9.17, 15) is 27.9 Å². The van der Waals surface area contributed by atoms with Crippen molar-refractivity contribution >= 4 is 39.1 Å². The van der Waals surface area contributed by atoms with Crippen LogP contribution in [0, 0.1) is 0 Å². The molecule has 1 aromatic carbocycles. The Hall–Kier alpha value is -3.05. The zero-order chi connectivity index (χ0) is 23.8. The summed E-state index contributed by atoms with van der Waals surface area (Å²) in [5.41, 5.74) is -0.958. The van der Waals surface area contributed by atoms with Gasteiger partial charge in [-0.15, -0.1) is 11.3 Å². The van der Waals surface area contributed by atoms with Gasteiger partial charge in [-0.05, 0) is 49.9 Å². The topological polar surface area (TPSA) is 101 Å². The van der Waals surface area contributed by atoms with Gasteiger partial charge in [0.05, 0.1) is 39.7 Å². The third kappa shape index (κ3) is 4.98. The van der Waals surface area contributed by atoms with Crippen molar-refractivity contribution in [2.75, 3.05) is 12.4 Å². The third-order valence-corrected chi connectivity index (χ3v) is 6.70. The molecule has 2 aromatic heterocycles. The average molecular weight is 479 g/mol. The van der Waals surface area contributed by atoms with Gasteiger partial charge in [-0.1, -0.05) is 6.07 Å². The fourth-order valence-corrected chi connectivity index (χ4v) is 4.93. The first-order valence-electron chi connectivity index (χ1n) is 10.2. The summed E-state index contributed by atoms with van der Waals surface area (Å²) in [6.07, 6.45) is -2.00. The number of ether oxygens (including phenoxy) is 1. The number of nitrogens with zero attached hydrogens (tertiary/aromatic N) is 2. The van der Waals surface area contributed by atoms with Gasteiger partial charge < -0.3 is 15.2 Å². The second-order valence-corrected chi connectivity index (χ2v) is 8.84. The maximum absolute atomic E-state index is 13.0. The predicted octanol–water partition coefficient (Wildman–Crippen LogP) is 4.77. The predicted molar refractivity (Wildman–Crippen MR) is 115 cm³/mol. The minimum atomic E-state index is -4.69. The second-order valence-electron chi connectivity index (χ2n) is 7.77. The number of rotatable bonds is 4. The highest BCUT2D eigenvalue weighted by Gasteiger charge is 2.33. The number of fused-ring (bicyclic) bond motifs is 1. The van der Waals surface area contributed by atoms with Gasteiger partial charge >= 0.3 is 12.1 Å². The molecule has 0 bridgehead atoms. The lowest BCUT2D eigenvalue weighted by atomic mass is 9.88. The fourth-order valence-electron chi connectivity index (χ4n) is 3.78. The Balaban J connectivity index is 1.67. The summed E-state index contributed by atoms with van der Waals surface area (Å²) in [4.78, 5) is 33.0. The van der Waals surface area contributed by atoms with Gasteiger partial charge in [0, 0.05) is 5.92 Å². The zero-order valence-corrected chi connectivity index (χ0v) is 18.3.